The molecule has 0 saturated heterocycles. The molecule has 0 spiro atoms. The minimum atomic E-state index is -1.12. The van der Waals surface area contributed by atoms with Gasteiger partial charge in [-0.05, 0) is 23.8 Å². The Labute approximate surface area is 184 Å². The maximum Gasteiger partial charge on any atom is 0.326 e. The van der Waals surface area contributed by atoms with Crippen molar-refractivity contribution in [3.63, 3.8) is 0 Å². The molecular formula is C23H35N3O5. The van der Waals surface area contributed by atoms with Gasteiger partial charge < -0.3 is 20.6 Å². The largest absolute Gasteiger partial charge is 0.480 e. The molecule has 0 fully saturated rings. The summed E-state index contributed by atoms with van der Waals surface area (Å²) in [6.45, 7) is 8.70. The number of carbonyl (C=O) groups excluding carboxylic acids is 3. The van der Waals surface area contributed by atoms with E-state index in [0.717, 1.165) is 5.56 Å². The summed E-state index contributed by atoms with van der Waals surface area (Å²) >= 11 is 0. The topological polar surface area (TPSA) is 116 Å². The van der Waals surface area contributed by atoms with E-state index in [1.54, 1.807) is 0 Å². The predicted molar refractivity (Wildman–Crippen MR) is 118 cm³/mol. The molecule has 1 aromatic rings. The number of hydrogen-bond acceptors (Lipinski definition) is 4. The number of nitrogens with one attached hydrogen (secondary N) is 2. The van der Waals surface area contributed by atoms with Crippen molar-refractivity contribution in [3.8, 4) is 0 Å². The van der Waals surface area contributed by atoms with E-state index in [1.807, 2.05) is 58.0 Å². The summed E-state index contributed by atoms with van der Waals surface area (Å²) in [6.07, 6.45) is 0.491. The van der Waals surface area contributed by atoms with Crippen LogP contribution in [-0.4, -0.2) is 58.9 Å². The van der Waals surface area contributed by atoms with Crippen molar-refractivity contribution in [1.82, 2.24) is 15.5 Å². The number of carbonyl (C=O) groups is 4. The standard InChI is InChI=1S/C23H35N3O5/c1-14(2)12-18(23(30)31)25-21(28)19(13-17-10-8-7-9-11-17)26(6)22(29)20(15(3)4)24-16(5)27/h7-11,14-15,18-20H,12-13H2,1-6H3,(H,24,27)(H,25,28)(H,30,31). The minimum absolute atomic E-state index is 0.0680. The highest BCUT2D eigenvalue weighted by molar-refractivity contribution is 5.93. The van der Waals surface area contributed by atoms with Crippen LogP contribution in [0.2, 0.25) is 0 Å². The van der Waals surface area contributed by atoms with E-state index in [1.165, 1.54) is 18.9 Å². The molecule has 3 unspecified atom stereocenters. The van der Waals surface area contributed by atoms with Crippen molar-refractivity contribution >= 4 is 23.7 Å². The fourth-order valence-corrected chi connectivity index (χ4v) is 3.31. The third-order valence-corrected chi connectivity index (χ3v) is 5.00. The monoisotopic (exact) mass is 433 g/mol. The first kappa shape index (κ1) is 26.1. The average Bonchev–Trinajstić information content (AvgIpc) is 2.68. The van der Waals surface area contributed by atoms with Crippen molar-refractivity contribution < 1.29 is 24.3 Å². The first-order valence-electron chi connectivity index (χ1n) is 10.5. The summed E-state index contributed by atoms with van der Waals surface area (Å²) in [6, 6.07) is 6.42. The number of carboxylic acid groups (broad SMARTS) is 1. The second-order valence-corrected chi connectivity index (χ2v) is 8.61. The third kappa shape index (κ3) is 8.39. The van der Waals surface area contributed by atoms with Crippen LogP contribution in [0, 0.1) is 11.8 Å². The van der Waals surface area contributed by atoms with Gasteiger partial charge in [-0.15, -0.1) is 0 Å². The fourth-order valence-electron chi connectivity index (χ4n) is 3.31. The first-order valence-corrected chi connectivity index (χ1v) is 10.5. The summed E-state index contributed by atoms with van der Waals surface area (Å²) in [5.41, 5.74) is 0.832. The van der Waals surface area contributed by atoms with E-state index < -0.39 is 35.9 Å². The Morgan fingerprint density at radius 1 is 1.00 bits per heavy atom. The van der Waals surface area contributed by atoms with Gasteiger partial charge in [0.2, 0.25) is 17.7 Å². The average molecular weight is 434 g/mol. The zero-order valence-corrected chi connectivity index (χ0v) is 19.2. The second-order valence-electron chi connectivity index (χ2n) is 8.61. The van der Waals surface area contributed by atoms with Crippen LogP contribution in [0.3, 0.4) is 0 Å². The van der Waals surface area contributed by atoms with E-state index in [9.17, 15) is 24.3 Å². The molecule has 1 aromatic carbocycles. The smallest absolute Gasteiger partial charge is 0.326 e. The molecule has 0 saturated carbocycles. The van der Waals surface area contributed by atoms with Gasteiger partial charge in [-0.2, -0.15) is 0 Å². The molecule has 8 nitrogen and oxygen atoms in total. The zero-order valence-electron chi connectivity index (χ0n) is 19.2. The molecule has 0 aliphatic heterocycles. The number of carboxylic acids is 1. The Morgan fingerprint density at radius 2 is 1.58 bits per heavy atom. The SMILES string of the molecule is CC(=O)NC(C(=O)N(C)C(Cc1ccccc1)C(=O)NC(CC(C)C)C(=O)O)C(C)C. The van der Waals surface area contributed by atoms with Crippen LogP contribution in [0.15, 0.2) is 30.3 Å². The Bertz CT molecular complexity index is 764. The Morgan fingerprint density at radius 3 is 2.03 bits per heavy atom. The molecule has 8 heteroatoms. The van der Waals surface area contributed by atoms with Crippen LogP contribution in [0.1, 0.15) is 46.6 Å². The van der Waals surface area contributed by atoms with Crippen LogP contribution in [0.5, 0.6) is 0 Å². The van der Waals surface area contributed by atoms with E-state index in [0.29, 0.717) is 0 Å². The van der Waals surface area contributed by atoms with Crippen LogP contribution < -0.4 is 10.6 Å². The summed E-state index contributed by atoms with van der Waals surface area (Å²) in [5.74, 6) is -2.53. The van der Waals surface area contributed by atoms with Gasteiger partial charge in [0.25, 0.3) is 0 Å². The lowest BCUT2D eigenvalue weighted by Gasteiger charge is -2.33. The van der Waals surface area contributed by atoms with Crippen molar-refractivity contribution in [2.45, 2.75) is 65.6 Å². The molecule has 0 radical (unpaired) electrons. The number of hydrogen-bond donors (Lipinski definition) is 3. The molecule has 3 atom stereocenters. The molecule has 0 heterocycles. The molecule has 0 bridgehead atoms. The van der Waals surface area contributed by atoms with Gasteiger partial charge in [-0.25, -0.2) is 4.79 Å². The summed E-state index contributed by atoms with van der Waals surface area (Å²) < 4.78 is 0. The molecule has 0 aromatic heterocycles. The highest BCUT2D eigenvalue weighted by Gasteiger charge is 2.35. The summed E-state index contributed by atoms with van der Waals surface area (Å²) in [5, 5.41) is 14.7. The van der Waals surface area contributed by atoms with Gasteiger partial charge in [0, 0.05) is 20.4 Å². The van der Waals surface area contributed by atoms with Gasteiger partial charge in [0.15, 0.2) is 0 Å². The molecule has 31 heavy (non-hydrogen) atoms. The fraction of sp³-hybridized carbons (Fsp3) is 0.565. The number of nitrogens with zero attached hydrogens (tertiary/aromatic N) is 1. The van der Waals surface area contributed by atoms with Gasteiger partial charge >= 0.3 is 5.97 Å². The van der Waals surface area contributed by atoms with Crippen LogP contribution in [0.4, 0.5) is 0 Å². The van der Waals surface area contributed by atoms with Gasteiger partial charge in [0.1, 0.15) is 18.1 Å². The number of benzene rings is 1. The van der Waals surface area contributed by atoms with E-state index >= 15 is 0 Å². The van der Waals surface area contributed by atoms with Crippen molar-refractivity contribution in [2.24, 2.45) is 11.8 Å². The maximum absolute atomic E-state index is 13.2. The summed E-state index contributed by atoms with van der Waals surface area (Å²) in [7, 11) is 1.50. The Kier molecular flexibility index (Phi) is 10.2. The van der Waals surface area contributed by atoms with Gasteiger partial charge in [-0.3, -0.25) is 14.4 Å². The summed E-state index contributed by atoms with van der Waals surface area (Å²) in [4.78, 5) is 50.8. The quantitative estimate of drug-likeness (QED) is 0.492. The second kappa shape index (κ2) is 12.1. The molecule has 172 valence electrons. The first-order chi connectivity index (χ1) is 14.4. The Balaban J connectivity index is 3.19. The predicted octanol–water partition coefficient (Wildman–Crippen LogP) is 1.83. The normalized spacial score (nSPS) is 13.9. The van der Waals surface area contributed by atoms with E-state index in [4.69, 9.17) is 0 Å². The molecule has 3 amide bonds. The van der Waals surface area contributed by atoms with Gasteiger partial charge in [-0.1, -0.05) is 58.0 Å². The number of likely N-dealkylation sites (N-methyl/N-ethyl adjacent to an activating group) is 1. The number of amides is 3. The third-order valence-electron chi connectivity index (χ3n) is 5.00. The van der Waals surface area contributed by atoms with Crippen LogP contribution in [-0.2, 0) is 25.6 Å². The lowest BCUT2D eigenvalue weighted by Crippen LogP contribution is -2.58. The zero-order chi connectivity index (χ0) is 23.7. The molecule has 3 N–H and O–H groups in total. The maximum atomic E-state index is 13.2. The molecule has 0 aliphatic rings. The van der Waals surface area contributed by atoms with Crippen molar-refractivity contribution in [1.29, 1.82) is 0 Å². The van der Waals surface area contributed by atoms with Crippen LogP contribution >= 0.6 is 0 Å². The van der Waals surface area contributed by atoms with E-state index in [2.05, 4.69) is 10.6 Å². The van der Waals surface area contributed by atoms with Crippen molar-refractivity contribution in [3.05, 3.63) is 35.9 Å². The molecule has 1 rings (SSSR count). The lowest BCUT2D eigenvalue weighted by molar-refractivity contribution is -0.145. The minimum Gasteiger partial charge on any atom is -0.480 e. The highest BCUT2D eigenvalue weighted by Crippen LogP contribution is 2.14. The highest BCUT2D eigenvalue weighted by atomic mass is 16.4. The van der Waals surface area contributed by atoms with E-state index in [-0.39, 0.29) is 30.6 Å². The molecular weight excluding hydrogens is 398 g/mol. The molecule has 0 aliphatic carbocycles. The van der Waals surface area contributed by atoms with Crippen LogP contribution in [0.25, 0.3) is 0 Å². The van der Waals surface area contributed by atoms with Crippen molar-refractivity contribution in [2.75, 3.05) is 7.05 Å². The Hall–Kier alpha value is -2.90. The van der Waals surface area contributed by atoms with Gasteiger partial charge in [0.05, 0.1) is 0 Å². The lowest BCUT2D eigenvalue weighted by atomic mass is 9.98. The number of rotatable bonds is 11. The number of aliphatic carboxylic acids is 1.